The number of carbonyl (C=O) groups is 2. The Bertz CT molecular complexity index is 490. The highest BCUT2D eigenvalue weighted by Gasteiger charge is 2.32. The minimum absolute atomic E-state index is 0.291. The summed E-state index contributed by atoms with van der Waals surface area (Å²) in [4.78, 5) is 23.0. The molecule has 0 bridgehead atoms. The number of anilines is 1. The zero-order valence-electron chi connectivity index (χ0n) is 11.9. The first-order valence-corrected chi connectivity index (χ1v) is 6.31. The topological polar surface area (TPSA) is 87.7 Å². The summed E-state index contributed by atoms with van der Waals surface area (Å²) < 4.78 is 5.01. The van der Waals surface area contributed by atoms with E-state index in [4.69, 9.17) is 9.84 Å². The van der Waals surface area contributed by atoms with Crippen LogP contribution in [-0.4, -0.2) is 29.8 Å². The van der Waals surface area contributed by atoms with E-state index in [1.807, 2.05) is 6.07 Å². The second-order valence-corrected chi connectivity index (χ2v) is 4.70. The molecule has 1 rings (SSSR count). The number of carboxylic acids is 1. The number of benzene rings is 1. The Hall–Kier alpha value is -2.08. The molecule has 0 fully saturated rings. The number of urea groups is 1. The number of methoxy groups -OCH3 is 1. The van der Waals surface area contributed by atoms with Gasteiger partial charge in [-0.1, -0.05) is 19.1 Å². The summed E-state index contributed by atoms with van der Waals surface area (Å²) in [5.41, 5.74) is 0.219. The molecule has 3 N–H and O–H groups in total. The van der Waals surface area contributed by atoms with E-state index in [2.05, 4.69) is 10.6 Å². The fourth-order valence-electron chi connectivity index (χ4n) is 1.61. The third kappa shape index (κ3) is 4.24. The maximum Gasteiger partial charge on any atom is 0.329 e. The molecule has 2 amide bonds. The monoisotopic (exact) mass is 280 g/mol. The van der Waals surface area contributed by atoms with E-state index in [1.54, 1.807) is 32.2 Å². The SMILES string of the molecule is CCC(C)(NC(=O)Nc1cccc(COC)c1)C(=O)O. The standard InChI is InChI=1S/C14H20N2O4/c1-4-14(2,12(17)18)16-13(19)15-11-7-5-6-10(8-11)9-20-3/h5-8H,4,9H2,1-3H3,(H,17,18)(H2,15,16,19). The molecule has 6 heteroatoms. The Kier molecular flexibility index (Phi) is 5.52. The number of hydrogen-bond acceptors (Lipinski definition) is 3. The van der Waals surface area contributed by atoms with Gasteiger partial charge < -0.3 is 20.5 Å². The molecule has 1 aromatic rings. The van der Waals surface area contributed by atoms with Gasteiger partial charge in [0.15, 0.2) is 0 Å². The van der Waals surface area contributed by atoms with Gasteiger partial charge in [0.2, 0.25) is 0 Å². The summed E-state index contributed by atoms with van der Waals surface area (Å²) in [7, 11) is 1.59. The van der Waals surface area contributed by atoms with Crippen LogP contribution in [0.3, 0.4) is 0 Å². The molecule has 0 aliphatic heterocycles. The van der Waals surface area contributed by atoms with E-state index in [1.165, 1.54) is 6.92 Å². The van der Waals surface area contributed by atoms with Gasteiger partial charge in [-0.3, -0.25) is 0 Å². The number of hydrogen-bond donors (Lipinski definition) is 3. The number of carbonyl (C=O) groups excluding carboxylic acids is 1. The molecule has 0 aliphatic rings. The Labute approximate surface area is 118 Å². The van der Waals surface area contributed by atoms with Gasteiger partial charge in [0.1, 0.15) is 5.54 Å². The molecule has 1 aromatic carbocycles. The van der Waals surface area contributed by atoms with Crippen LogP contribution < -0.4 is 10.6 Å². The van der Waals surface area contributed by atoms with Crippen LogP contribution in [0.5, 0.6) is 0 Å². The number of aliphatic carboxylic acids is 1. The van der Waals surface area contributed by atoms with Crippen LogP contribution in [0.1, 0.15) is 25.8 Å². The number of nitrogens with one attached hydrogen (secondary N) is 2. The molecule has 0 heterocycles. The fourth-order valence-corrected chi connectivity index (χ4v) is 1.61. The van der Waals surface area contributed by atoms with E-state index in [-0.39, 0.29) is 0 Å². The van der Waals surface area contributed by atoms with Crippen LogP contribution in [0, 0.1) is 0 Å². The quantitative estimate of drug-likeness (QED) is 0.745. The zero-order chi connectivity index (χ0) is 15.2. The molecular weight excluding hydrogens is 260 g/mol. The van der Waals surface area contributed by atoms with Gasteiger partial charge in [-0.15, -0.1) is 0 Å². The molecule has 0 spiro atoms. The van der Waals surface area contributed by atoms with Crippen LogP contribution in [-0.2, 0) is 16.1 Å². The van der Waals surface area contributed by atoms with E-state index < -0.39 is 17.5 Å². The lowest BCUT2D eigenvalue weighted by Crippen LogP contribution is -2.53. The van der Waals surface area contributed by atoms with Crippen molar-refractivity contribution in [2.24, 2.45) is 0 Å². The van der Waals surface area contributed by atoms with Crippen LogP contribution in [0.2, 0.25) is 0 Å². The van der Waals surface area contributed by atoms with Crippen molar-refractivity contribution in [3.05, 3.63) is 29.8 Å². The van der Waals surface area contributed by atoms with E-state index in [0.29, 0.717) is 18.7 Å². The van der Waals surface area contributed by atoms with Crippen LogP contribution in [0.15, 0.2) is 24.3 Å². The van der Waals surface area contributed by atoms with Gasteiger partial charge in [-0.05, 0) is 31.0 Å². The normalized spacial score (nSPS) is 13.3. The summed E-state index contributed by atoms with van der Waals surface area (Å²) in [6.07, 6.45) is 0.291. The summed E-state index contributed by atoms with van der Waals surface area (Å²) in [6.45, 7) is 3.61. The van der Waals surface area contributed by atoms with Crippen molar-refractivity contribution in [1.82, 2.24) is 5.32 Å². The molecule has 1 unspecified atom stereocenters. The molecule has 0 aromatic heterocycles. The average Bonchev–Trinajstić information content (AvgIpc) is 2.39. The van der Waals surface area contributed by atoms with E-state index >= 15 is 0 Å². The zero-order valence-corrected chi connectivity index (χ0v) is 11.9. The predicted octanol–water partition coefficient (Wildman–Crippen LogP) is 2.21. The number of ether oxygens (including phenoxy) is 1. The van der Waals surface area contributed by atoms with Gasteiger partial charge in [0, 0.05) is 12.8 Å². The molecule has 110 valence electrons. The molecule has 0 saturated heterocycles. The predicted molar refractivity (Wildman–Crippen MR) is 75.6 cm³/mol. The first kappa shape index (κ1) is 16.0. The highest BCUT2D eigenvalue weighted by Crippen LogP contribution is 2.13. The Morgan fingerprint density at radius 3 is 2.65 bits per heavy atom. The molecule has 0 radical (unpaired) electrons. The smallest absolute Gasteiger partial charge is 0.329 e. The maximum atomic E-state index is 11.8. The van der Waals surface area contributed by atoms with Crippen molar-refractivity contribution in [3.63, 3.8) is 0 Å². The summed E-state index contributed by atoms with van der Waals surface area (Å²) in [6, 6.07) is 6.61. The minimum atomic E-state index is -1.28. The van der Waals surface area contributed by atoms with Gasteiger partial charge in [-0.2, -0.15) is 0 Å². The first-order chi connectivity index (χ1) is 9.41. The molecule has 20 heavy (non-hydrogen) atoms. The van der Waals surface area contributed by atoms with Gasteiger partial charge in [0.25, 0.3) is 0 Å². The van der Waals surface area contributed by atoms with E-state index in [0.717, 1.165) is 5.56 Å². The van der Waals surface area contributed by atoms with Crippen LogP contribution in [0.4, 0.5) is 10.5 Å². The maximum absolute atomic E-state index is 11.8. The number of carboxylic acid groups (broad SMARTS) is 1. The molecular formula is C14H20N2O4. The lowest BCUT2D eigenvalue weighted by molar-refractivity contribution is -0.143. The average molecular weight is 280 g/mol. The van der Waals surface area contributed by atoms with Crippen molar-refractivity contribution in [1.29, 1.82) is 0 Å². The molecule has 0 aliphatic carbocycles. The third-order valence-corrected chi connectivity index (χ3v) is 3.06. The molecule has 0 saturated carbocycles. The number of rotatable bonds is 6. The molecule has 1 atom stereocenters. The summed E-state index contributed by atoms with van der Waals surface area (Å²) in [5.74, 6) is -1.07. The second kappa shape index (κ2) is 6.91. The van der Waals surface area contributed by atoms with Crippen molar-refractivity contribution in [2.45, 2.75) is 32.4 Å². The van der Waals surface area contributed by atoms with Crippen molar-refractivity contribution in [3.8, 4) is 0 Å². The van der Waals surface area contributed by atoms with Crippen molar-refractivity contribution < 1.29 is 19.4 Å². The third-order valence-electron chi connectivity index (χ3n) is 3.06. The lowest BCUT2D eigenvalue weighted by Gasteiger charge is -2.24. The Morgan fingerprint density at radius 2 is 2.10 bits per heavy atom. The van der Waals surface area contributed by atoms with Gasteiger partial charge >= 0.3 is 12.0 Å². The van der Waals surface area contributed by atoms with Crippen LogP contribution >= 0.6 is 0 Å². The Morgan fingerprint density at radius 1 is 1.40 bits per heavy atom. The first-order valence-electron chi connectivity index (χ1n) is 6.31. The largest absolute Gasteiger partial charge is 0.480 e. The highest BCUT2D eigenvalue weighted by molar-refractivity contribution is 5.93. The highest BCUT2D eigenvalue weighted by atomic mass is 16.5. The van der Waals surface area contributed by atoms with Crippen LogP contribution in [0.25, 0.3) is 0 Å². The lowest BCUT2D eigenvalue weighted by atomic mass is 10.00. The van der Waals surface area contributed by atoms with Crippen molar-refractivity contribution >= 4 is 17.7 Å². The van der Waals surface area contributed by atoms with Gasteiger partial charge in [0.05, 0.1) is 6.61 Å². The summed E-state index contributed by atoms with van der Waals surface area (Å²) in [5, 5.41) is 14.2. The summed E-state index contributed by atoms with van der Waals surface area (Å²) >= 11 is 0. The van der Waals surface area contributed by atoms with Crippen molar-refractivity contribution in [2.75, 3.05) is 12.4 Å². The number of amides is 2. The van der Waals surface area contributed by atoms with E-state index in [9.17, 15) is 9.59 Å². The second-order valence-electron chi connectivity index (χ2n) is 4.70. The molecule has 6 nitrogen and oxygen atoms in total. The fraction of sp³-hybridized carbons (Fsp3) is 0.429. The minimum Gasteiger partial charge on any atom is -0.480 e. The Balaban J connectivity index is 2.71. The van der Waals surface area contributed by atoms with Gasteiger partial charge in [-0.25, -0.2) is 9.59 Å².